The Balaban J connectivity index is 1.92. The van der Waals surface area contributed by atoms with Crippen molar-refractivity contribution in [2.75, 3.05) is 19.1 Å². The van der Waals surface area contributed by atoms with Gasteiger partial charge in [-0.2, -0.15) is 0 Å². The zero-order valence-corrected chi connectivity index (χ0v) is 15.2. The molecule has 0 aliphatic rings. The predicted octanol–water partition coefficient (Wildman–Crippen LogP) is 4.26. The van der Waals surface area contributed by atoms with Crippen LogP contribution < -0.4 is 9.64 Å². The maximum atomic E-state index is 12.9. The Kier molecular flexibility index (Phi) is 5.03. The van der Waals surface area contributed by atoms with E-state index in [1.807, 2.05) is 42.5 Å². The number of anilines is 1. The molecular weight excluding hydrogens is 326 g/mol. The Morgan fingerprint density at radius 3 is 2.46 bits per heavy atom. The summed E-state index contributed by atoms with van der Waals surface area (Å²) in [5, 5.41) is 2.11. The lowest BCUT2D eigenvalue weighted by atomic mass is 10.0. The lowest BCUT2D eigenvalue weighted by Crippen LogP contribution is -2.28. The highest BCUT2D eigenvalue weighted by atomic mass is 16.5. The Morgan fingerprint density at radius 2 is 1.73 bits per heavy atom. The van der Waals surface area contributed by atoms with Gasteiger partial charge in [-0.1, -0.05) is 36.4 Å². The fraction of sp³-hybridized carbons (Fsp3) is 0.182. The van der Waals surface area contributed by atoms with Crippen LogP contribution in [0, 0.1) is 0 Å². The first-order valence-electron chi connectivity index (χ1n) is 8.43. The van der Waals surface area contributed by atoms with Gasteiger partial charge < -0.3 is 9.64 Å². The number of hydrogen-bond donors (Lipinski definition) is 0. The van der Waals surface area contributed by atoms with Crippen molar-refractivity contribution >= 4 is 28.2 Å². The number of carbonyl (C=O) groups excluding carboxylic acids is 2. The number of rotatable bonds is 5. The van der Waals surface area contributed by atoms with Crippen molar-refractivity contribution in [3.8, 4) is 5.75 Å². The number of ketones is 1. The molecule has 26 heavy (non-hydrogen) atoms. The molecule has 0 aromatic heterocycles. The smallest absolute Gasteiger partial charge is 0.231 e. The maximum Gasteiger partial charge on any atom is 0.231 e. The van der Waals surface area contributed by atoms with Crippen molar-refractivity contribution in [3.63, 3.8) is 0 Å². The van der Waals surface area contributed by atoms with E-state index < -0.39 is 0 Å². The van der Waals surface area contributed by atoms with Crippen LogP contribution >= 0.6 is 0 Å². The highest BCUT2D eigenvalue weighted by molar-refractivity contribution is 6.04. The number of nitrogens with zero attached hydrogens (tertiary/aromatic N) is 1. The molecule has 0 saturated carbocycles. The Labute approximate surface area is 153 Å². The summed E-state index contributed by atoms with van der Waals surface area (Å²) in [6.07, 6.45) is 0.157. The number of fused-ring (bicyclic) bond motifs is 1. The highest BCUT2D eigenvalue weighted by Crippen LogP contribution is 2.27. The quantitative estimate of drug-likeness (QED) is 0.648. The average Bonchev–Trinajstić information content (AvgIpc) is 2.66. The fourth-order valence-corrected chi connectivity index (χ4v) is 3.05. The lowest BCUT2D eigenvalue weighted by Gasteiger charge is -2.20. The number of ether oxygens (including phenoxy) is 1. The molecule has 0 N–H and O–H groups in total. The first-order chi connectivity index (χ1) is 12.5. The van der Waals surface area contributed by atoms with E-state index in [1.165, 1.54) is 6.92 Å². The van der Waals surface area contributed by atoms with Gasteiger partial charge in [0.1, 0.15) is 5.75 Å². The van der Waals surface area contributed by atoms with Gasteiger partial charge in [0.25, 0.3) is 0 Å². The van der Waals surface area contributed by atoms with Gasteiger partial charge in [0.2, 0.25) is 5.91 Å². The number of benzene rings is 3. The molecule has 132 valence electrons. The first kappa shape index (κ1) is 17.7. The van der Waals surface area contributed by atoms with E-state index in [-0.39, 0.29) is 18.1 Å². The fourth-order valence-electron chi connectivity index (χ4n) is 3.05. The molecule has 4 nitrogen and oxygen atoms in total. The van der Waals surface area contributed by atoms with Crippen LogP contribution in [0.15, 0.2) is 60.7 Å². The van der Waals surface area contributed by atoms with Gasteiger partial charge in [0, 0.05) is 23.6 Å². The summed E-state index contributed by atoms with van der Waals surface area (Å²) in [6, 6.07) is 19.0. The van der Waals surface area contributed by atoms with Crippen molar-refractivity contribution in [2.24, 2.45) is 0 Å². The summed E-state index contributed by atoms with van der Waals surface area (Å²) in [5.74, 6) is 0.499. The van der Waals surface area contributed by atoms with E-state index in [0.717, 1.165) is 16.5 Å². The Hall–Kier alpha value is -3.14. The number of methoxy groups -OCH3 is 1. The average molecular weight is 347 g/mol. The largest absolute Gasteiger partial charge is 0.496 e. The molecule has 0 bridgehead atoms. The molecule has 0 atom stereocenters. The zero-order chi connectivity index (χ0) is 18.7. The van der Waals surface area contributed by atoms with Gasteiger partial charge in [-0.25, -0.2) is 0 Å². The summed E-state index contributed by atoms with van der Waals surface area (Å²) >= 11 is 0. The molecular formula is C22H21NO3. The molecule has 0 aliphatic heterocycles. The van der Waals surface area contributed by atoms with Crippen molar-refractivity contribution in [2.45, 2.75) is 13.3 Å². The first-order valence-corrected chi connectivity index (χ1v) is 8.43. The Morgan fingerprint density at radius 1 is 1.00 bits per heavy atom. The van der Waals surface area contributed by atoms with Gasteiger partial charge in [-0.05, 0) is 36.6 Å². The van der Waals surface area contributed by atoms with Crippen molar-refractivity contribution in [3.05, 3.63) is 71.8 Å². The van der Waals surface area contributed by atoms with Crippen LogP contribution in [0.1, 0.15) is 22.8 Å². The minimum atomic E-state index is -0.0691. The molecule has 0 fully saturated rings. The summed E-state index contributed by atoms with van der Waals surface area (Å²) in [4.78, 5) is 26.2. The number of carbonyl (C=O) groups is 2. The van der Waals surface area contributed by atoms with Crippen LogP contribution in [-0.4, -0.2) is 25.8 Å². The van der Waals surface area contributed by atoms with Gasteiger partial charge in [-0.15, -0.1) is 0 Å². The van der Waals surface area contributed by atoms with Crippen LogP contribution in [0.2, 0.25) is 0 Å². The van der Waals surface area contributed by atoms with Crippen molar-refractivity contribution in [1.29, 1.82) is 0 Å². The number of Topliss-reactive ketones (excluding diaryl/α,β-unsaturated/α-hetero) is 1. The minimum Gasteiger partial charge on any atom is -0.496 e. The second-order valence-electron chi connectivity index (χ2n) is 6.21. The van der Waals surface area contributed by atoms with E-state index in [4.69, 9.17) is 4.74 Å². The topological polar surface area (TPSA) is 46.6 Å². The zero-order valence-electron chi connectivity index (χ0n) is 15.2. The third-order valence-corrected chi connectivity index (χ3v) is 4.53. The molecule has 0 saturated heterocycles. The van der Waals surface area contributed by atoms with E-state index in [9.17, 15) is 9.59 Å². The van der Waals surface area contributed by atoms with Crippen LogP contribution in [0.4, 0.5) is 5.69 Å². The van der Waals surface area contributed by atoms with E-state index in [2.05, 4.69) is 0 Å². The SMILES string of the molecule is COc1ccc(C(C)=O)cc1CC(=O)N(C)c1cccc2ccccc12. The third kappa shape index (κ3) is 3.45. The summed E-state index contributed by atoms with van der Waals surface area (Å²) in [7, 11) is 3.33. The lowest BCUT2D eigenvalue weighted by molar-refractivity contribution is -0.117. The molecule has 4 heteroatoms. The monoisotopic (exact) mass is 347 g/mol. The third-order valence-electron chi connectivity index (χ3n) is 4.53. The second-order valence-corrected chi connectivity index (χ2v) is 6.21. The van der Waals surface area contributed by atoms with Gasteiger partial charge in [0.15, 0.2) is 5.78 Å². The molecule has 3 rings (SSSR count). The molecule has 3 aromatic rings. The molecule has 0 spiro atoms. The van der Waals surface area contributed by atoms with Crippen LogP contribution in [0.25, 0.3) is 10.8 Å². The molecule has 0 unspecified atom stereocenters. The molecule has 0 aliphatic carbocycles. The van der Waals surface area contributed by atoms with Gasteiger partial charge in [-0.3, -0.25) is 9.59 Å². The van der Waals surface area contributed by atoms with Crippen LogP contribution in [0.5, 0.6) is 5.75 Å². The van der Waals surface area contributed by atoms with Crippen molar-refractivity contribution in [1.82, 2.24) is 0 Å². The number of amides is 1. The standard InChI is InChI=1S/C22H21NO3/c1-15(24)17-11-12-21(26-3)18(13-17)14-22(25)23(2)20-10-6-8-16-7-4-5-9-19(16)20/h4-13H,14H2,1-3H3. The van der Waals surface area contributed by atoms with Gasteiger partial charge >= 0.3 is 0 Å². The number of likely N-dealkylation sites (N-methyl/N-ethyl adjacent to an activating group) is 1. The summed E-state index contributed by atoms with van der Waals surface area (Å²) < 4.78 is 5.35. The minimum absolute atomic E-state index is 0.0382. The van der Waals surface area contributed by atoms with Crippen LogP contribution in [0.3, 0.4) is 0 Å². The van der Waals surface area contributed by atoms with Crippen molar-refractivity contribution < 1.29 is 14.3 Å². The maximum absolute atomic E-state index is 12.9. The van der Waals surface area contributed by atoms with E-state index in [1.54, 1.807) is 37.3 Å². The number of hydrogen-bond acceptors (Lipinski definition) is 3. The van der Waals surface area contributed by atoms with Crippen LogP contribution in [-0.2, 0) is 11.2 Å². The second kappa shape index (κ2) is 7.40. The highest BCUT2D eigenvalue weighted by Gasteiger charge is 2.17. The molecule has 0 radical (unpaired) electrons. The Bertz CT molecular complexity index is 973. The summed E-state index contributed by atoms with van der Waals surface area (Å²) in [6.45, 7) is 1.51. The van der Waals surface area contributed by atoms with Gasteiger partial charge in [0.05, 0.1) is 19.2 Å². The summed E-state index contributed by atoms with van der Waals surface area (Å²) in [5.41, 5.74) is 2.13. The van der Waals surface area contributed by atoms with E-state index in [0.29, 0.717) is 16.9 Å². The van der Waals surface area contributed by atoms with E-state index >= 15 is 0 Å². The predicted molar refractivity (Wildman–Crippen MR) is 104 cm³/mol. The molecule has 1 amide bonds. The molecule has 3 aromatic carbocycles. The molecule has 0 heterocycles. The normalized spacial score (nSPS) is 10.6.